The molecule has 1 aliphatic rings. The summed E-state index contributed by atoms with van der Waals surface area (Å²) >= 11 is 0. The molecule has 0 aliphatic carbocycles. The molecule has 6 nitrogen and oxygen atoms in total. The van der Waals surface area contributed by atoms with Crippen LogP contribution >= 0.6 is 0 Å². The van der Waals surface area contributed by atoms with Crippen molar-refractivity contribution in [1.82, 2.24) is 14.7 Å². The first kappa shape index (κ1) is 14.0. The molecule has 0 bridgehead atoms. The van der Waals surface area contributed by atoms with E-state index in [4.69, 9.17) is 9.84 Å². The molecule has 1 aliphatic heterocycles. The molecule has 1 unspecified atom stereocenters. The summed E-state index contributed by atoms with van der Waals surface area (Å²) in [6, 6.07) is 2.04. The Morgan fingerprint density at radius 2 is 2.42 bits per heavy atom. The third-order valence-electron chi connectivity index (χ3n) is 3.51. The largest absolute Gasteiger partial charge is 0.481 e. The summed E-state index contributed by atoms with van der Waals surface area (Å²) in [5.74, 6) is -0.778. The van der Waals surface area contributed by atoms with Crippen molar-refractivity contribution in [2.75, 3.05) is 19.8 Å². The zero-order valence-corrected chi connectivity index (χ0v) is 11.5. The Labute approximate surface area is 113 Å². The predicted octanol–water partition coefficient (Wildman–Crippen LogP) is 0.658. The number of carbonyl (C=O) groups is 1. The third-order valence-corrected chi connectivity index (χ3v) is 3.51. The lowest BCUT2D eigenvalue weighted by Gasteiger charge is -2.34. The van der Waals surface area contributed by atoms with Gasteiger partial charge in [0.1, 0.15) is 0 Å². The van der Waals surface area contributed by atoms with Gasteiger partial charge in [0.05, 0.1) is 31.0 Å². The lowest BCUT2D eigenvalue weighted by molar-refractivity contribution is -0.140. The minimum Gasteiger partial charge on any atom is -0.481 e. The Bertz CT molecular complexity index is 444. The normalized spacial score (nSPS) is 20.6. The number of hydrogen-bond donors (Lipinski definition) is 1. The van der Waals surface area contributed by atoms with Crippen LogP contribution in [0.15, 0.2) is 6.07 Å². The number of ether oxygens (including phenoxy) is 1. The van der Waals surface area contributed by atoms with Crippen LogP contribution in [0.25, 0.3) is 0 Å². The number of carboxylic acid groups (broad SMARTS) is 1. The fraction of sp³-hybridized carbons (Fsp3) is 0.692. The van der Waals surface area contributed by atoms with Crippen molar-refractivity contribution in [2.45, 2.75) is 32.4 Å². The summed E-state index contributed by atoms with van der Waals surface area (Å²) in [6.45, 7) is 4.73. The lowest BCUT2D eigenvalue weighted by Crippen LogP contribution is -2.46. The van der Waals surface area contributed by atoms with E-state index in [0.717, 1.165) is 30.9 Å². The third kappa shape index (κ3) is 3.54. The van der Waals surface area contributed by atoms with Crippen LogP contribution in [0.1, 0.15) is 24.7 Å². The molecule has 0 aromatic carbocycles. The first-order chi connectivity index (χ1) is 9.10. The van der Waals surface area contributed by atoms with Crippen molar-refractivity contribution in [2.24, 2.45) is 7.05 Å². The van der Waals surface area contributed by atoms with E-state index < -0.39 is 5.97 Å². The van der Waals surface area contributed by atoms with Gasteiger partial charge in [0.2, 0.25) is 0 Å². The second-order valence-electron chi connectivity index (χ2n) is 4.90. The number of aliphatic carboxylic acids is 1. The molecular weight excluding hydrogens is 246 g/mol. The number of hydrogen-bond acceptors (Lipinski definition) is 4. The quantitative estimate of drug-likeness (QED) is 0.848. The van der Waals surface area contributed by atoms with Gasteiger partial charge in [-0.2, -0.15) is 5.10 Å². The lowest BCUT2D eigenvalue weighted by atomic mass is 10.1. The van der Waals surface area contributed by atoms with Gasteiger partial charge < -0.3 is 9.84 Å². The van der Waals surface area contributed by atoms with Crippen LogP contribution in [-0.4, -0.2) is 51.6 Å². The van der Waals surface area contributed by atoms with Gasteiger partial charge in [0, 0.05) is 26.2 Å². The van der Waals surface area contributed by atoms with Crippen LogP contribution in [0.2, 0.25) is 0 Å². The van der Waals surface area contributed by atoms with Crippen LogP contribution in [0.4, 0.5) is 0 Å². The maximum Gasteiger partial charge on any atom is 0.305 e. The summed E-state index contributed by atoms with van der Waals surface area (Å²) in [6.07, 6.45) is 1.04. The van der Waals surface area contributed by atoms with E-state index in [1.165, 1.54) is 0 Å². The van der Waals surface area contributed by atoms with Crippen molar-refractivity contribution in [1.29, 1.82) is 0 Å². The van der Waals surface area contributed by atoms with E-state index in [1.54, 1.807) is 0 Å². The van der Waals surface area contributed by atoms with Crippen LogP contribution in [0.3, 0.4) is 0 Å². The fourth-order valence-electron chi connectivity index (χ4n) is 2.39. The number of carboxylic acids is 1. The van der Waals surface area contributed by atoms with Crippen molar-refractivity contribution in [3.8, 4) is 0 Å². The van der Waals surface area contributed by atoms with E-state index in [1.807, 2.05) is 11.7 Å². The van der Waals surface area contributed by atoms with Crippen LogP contribution in [-0.2, 0) is 29.5 Å². The van der Waals surface area contributed by atoms with Crippen molar-refractivity contribution < 1.29 is 14.6 Å². The minimum absolute atomic E-state index is 0.0498. The molecule has 0 saturated carbocycles. The molecule has 1 aromatic rings. The molecule has 2 rings (SSSR count). The summed E-state index contributed by atoms with van der Waals surface area (Å²) in [5, 5.41) is 13.4. The van der Waals surface area contributed by atoms with E-state index in [9.17, 15) is 4.79 Å². The number of morpholine rings is 1. The van der Waals surface area contributed by atoms with Crippen LogP contribution < -0.4 is 0 Å². The fourth-order valence-corrected chi connectivity index (χ4v) is 2.39. The molecule has 2 heterocycles. The molecule has 0 spiro atoms. The molecule has 1 N–H and O–H groups in total. The Kier molecular flexibility index (Phi) is 4.55. The first-order valence-corrected chi connectivity index (χ1v) is 6.65. The Balaban J connectivity index is 2.05. The van der Waals surface area contributed by atoms with Crippen LogP contribution in [0.5, 0.6) is 0 Å². The SMILES string of the molecule is CCc1cc(CN2CCOCC2CC(=O)O)n(C)n1. The summed E-state index contributed by atoms with van der Waals surface area (Å²) in [5.41, 5.74) is 2.19. The van der Waals surface area contributed by atoms with Crippen molar-refractivity contribution >= 4 is 5.97 Å². The van der Waals surface area contributed by atoms with Gasteiger partial charge in [0.15, 0.2) is 0 Å². The maximum atomic E-state index is 10.9. The van der Waals surface area contributed by atoms with E-state index >= 15 is 0 Å². The molecule has 1 saturated heterocycles. The molecule has 6 heteroatoms. The van der Waals surface area contributed by atoms with E-state index in [-0.39, 0.29) is 12.5 Å². The zero-order chi connectivity index (χ0) is 13.8. The number of rotatable bonds is 5. The monoisotopic (exact) mass is 267 g/mol. The van der Waals surface area contributed by atoms with Gasteiger partial charge in [-0.15, -0.1) is 0 Å². The molecule has 106 valence electrons. The highest BCUT2D eigenvalue weighted by atomic mass is 16.5. The van der Waals surface area contributed by atoms with E-state index in [2.05, 4.69) is 23.0 Å². The average Bonchev–Trinajstić information content (AvgIpc) is 2.72. The zero-order valence-electron chi connectivity index (χ0n) is 11.5. The number of nitrogens with zero attached hydrogens (tertiary/aromatic N) is 3. The second kappa shape index (κ2) is 6.16. The van der Waals surface area contributed by atoms with Gasteiger partial charge in [0.25, 0.3) is 0 Å². The topological polar surface area (TPSA) is 67.6 Å². The van der Waals surface area contributed by atoms with Gasteiger partial charge >= 0.3 is 5.97 Å². The highest BCUT2D eigenvalue weighted by Crippen LogP contribution is 2.15. The van der Waals surface area contributed by atoms with E-state index in [0.29, 0.717) is 13.2 Å². The van der Waals surface area contributed by atoms with Gasteiger partial charge in [-0.3, -0.25) is 14.4 Å². The maximum absolute atomic E-state index is 10.9. The number of aromatic nitrogens is 2. The summed E-state index contributed by atoms with van der Waals surface area (Å²) in [4.78, 5) is 13.1. The highest BCUT2D eigenvalue weighted by Gasteiger charge is 2.26. The van der Waals surface area contributed by atoms with Crippen molar-refractivity contribution in [3.63, 3.8) is 0 Å². The van der Waals surface area contributed by atoms with Crippen LogP contribution in [0, 0.1) is 0 Å². The Morgan fingerprint density at radius 1 is 1.63 bits per heavy atom. The molecule has 0 amide bonds. The minimum atomic E-state index is -0.778. The highest BCUT2D eigenvalue weighted by molar-refractivity contribution is 5.67. The van der Waals surface area contributed by atoms with Gasteiger partial charge in [-0.25, -0.2) is 0 Å². The molecule has 1 atom stereocenters. The molecular formula is C13H21N3O3. The van der Waals surface area contributed by atoms with Gasteiger partial charge in [-0.05, 0) is 12.5 Å². The molecule has 1 aromatic heterocycles. The summed E-state index contributed by atoms with van der Waals surface area (Å²) in [7, 11) is 1.93. The van der Waals surface area contributed by atoms with Crippen molar-refractivity contribution in [3.05, 3.63) is 17.5 Å². The number of aryl methyl sites for hydroxylation is 2. The predicted molar refractivity (Wildman–Crippen MR) is 69.9 cm³/mol. The summed E-state index contributed by atoms with van der Waals surface area (Å²) < 4.78 is 7.26. The van der Waals surface area contributed by atoms with Gasteiger partial charge in [-0.1, -0.05) is 6.92 Å². The smallest absolute Gasteiger partial charge is 0.305 e. The molecule has 19 heavy (non-hydrogen) atoms. The second-order valence-corrected chi connectivity index (χ2v) is 4.90. The Hall–Kier alpha value is -1.40. The molecule has 0 radical (unpaired) electrons. The molecule has 1 fully saturated rings. The standard InChI is InChI=1S/C13H21N3O3/c1-3-10-6-11(15(2)14-10)8-16-4-5-19-9-12(16)7-13(17)18/h6,12H,3-5,7-9H2,1-2H3,(H,17,18). The first-order valence-electron chi connectivity index (χ1n) is 6.65. The average molecular weight is 267 g/mol. The Morgan fingerprint density at radius 3 is 3.05 bits per heavy atom.